The summed E-state index contributed by atoms with van der Waals surface area (Å²) < 4.78 is 76.9. The monoisotopic (exact) mass is 393 g/mol. The maximum absolute atomic E-state index is 12.8. The van der Waals surface area contributed by atoms with Crippen molar-refractivity contribution in [3.8, 4) is 5.75 Å². The zero-order chi connectivity index (χ0) is 20.6. The van der Waals surface area contributed by atoms with Crippen LogP contribution in [0.3, 0.4) is 0 Å². The van der Waals surface area contributed by atoms with E-state index in [0.717, 1.165) is 18.2 Å². The first kappa shape index (κ1) is 20.1. The number of halogens is 6. The van der Waals surface area contributed by atoms with E-state index in [2.05, 4.69) is 0 Å². The molecule has 0 spiro atoms. The number of carboxylic acid groups (broad SMARTS) is 1. The summed E-state index contributed by atoms with van der Waals surface area (Å²) in [4.78, 5) is 23.0. The topological polar surface area (TPSA) is 86.6 Å². The van der Waals surface area contributed by atoms with Crippen molar-refractivity contribution >= 4 is 17.6 Å². The number of anilines is 1. The molecule has 0 saturated heterocycles. The number of aromatic carboxylic acids is 1. The smallest absolute Gasteiger partial charge is 0.416 e. The van der Waals surface area contributed by atoms with E-state index in [9.17, 15) is 41.0 Å². The lowest BCUT2D eigenvalue weighted by atomic mass is 10.1. The van der Waals surface area contributed by atoms with Crippen LogP contribution in [0.15, 0.2) is 36.4 Å². The van der Waals surface area contributed by atoms with Gasteiger partial charge >= 0.3 is 18.3 Å². The Hall–Kier alpha value is -3.24. The first-order valence-electron chi connectivity index (χ1n) is 6.96. The molecule has 0 radical (unpaired) electrons. The van der Waals surface area contributed by atoms with E-state index in [1.807, 2.05) is 0 Å². The molecule has 1 amide bonds. The first-order valence-corrected chi connectivity index (χ1v) is 6.96. The molecule has 2 aromatic carbocycles. The number of carbonyl (C=O) groups is 2. The van der Waals surface area contributed by atoms with Gasteiger partial charge in [0.1, 0.15) is 5.75 Å². The SMILES string of the molecule is O=C(O)c1ccc(O)c(C(=O)Nc2cc(C(F)(F)F)cc(C(F)(F)F)c2)c1. The third-order valence-electron chi connectivity index (χ3n) is 3.33. The number of rotatable bonds is 3. The molecule has 0 saturated carbocycles. The summed E-state index contributed by atoms with van der Waals surface area (Å²) in [5, 5.41) is 20.3. The maximum Gasteiger partial charge on any atom is 0.416 e. The molecule has 144 valence electrons. The summed E-state index contributed by atoms with van der Waals surface area (Å²) >= 11 is 0. The highest BCUT2D eigenvalue weighted by Gasteiger charge is 2.37. The van der Waals surface area contributed by atoms with Crippen LogP contribution in [0.4, 0.5) is 32.0 Å². The second-order valence-corrected chi connectivity index (χ2v) is 5.29. The number of benzene rings is 2. The van der Waals surface area contributed by atoms with Crippen LogP contribution in [0.1, 0.15) is 31.8 Å². The minimum Gasteiger partial charge on any atom is -0.507 e. The van der Waals surface area contributed by atoms with Crippen molar-refractivity contribution in [2.45, 2.75) is 12.4 Å². The van der Waals surface area contributed by atoms with Gasteiger partial charge in [-0.15, -0.1) is 0 Å². The quantitative estimate of drug-likeness (QED) is 0.676. The van der Waals surface area contributed by atoms with Gasteiger partial charge in [-0.05, 0) is 36.4 Å². The fourth-order valence-electron chi connectivity index (χ4n) is 2.08. The number of phenolic OH excluding ortho intramolecular Hbond substituents is 1. The van der Waals surface area contributed by atoms with Crippen LogP contribution in [-0.2, 0) is 12.4 Å². The first-order chi connectivity index (χ1) is 12.3. The molecule has 27 heavy (non-hydrogen) atoms. The lowest BCUT2D eigenvalue weighted by molar-refractivity contribution is -0.143. The summed E-state index contributed by atoms with van der Waals surface area (Å²) in [5.74, 6) is -3.45. The van der Waals surface area contributed by atoms with Crippen molar-refractivity contribution in [2.75, 3.05) is 5.32 Å². The van der Waals surface area contributed by atoms with Crippen LogP contribution in [0.2, 0.25) is 0 Å². The molecule has 0 bridgehead atoms. The van der Waals surface area contributed by atoms with E-state index in [1.165, 1.54) is 0 Å². The standard InChI is InChI=1S/C16H9F6NO4/c17-15(18,19)8-4-9(16(20,21)22)6-10(5-8)23-13(25)11-3-7(14(26)27)1-2-12(11)24/h1-6,24H,(H,23,25)(H,26,27). The zero-order valence-electron chi connectivity index (χ0n) is 12.9. The van der Waals surface area contributed by atoms with E-state index in [0.29, 0.717) is 0 Å². The number of carboxylic acids is 1. The minimum atomic E-state index is -5.11. The summed E-state index contributed by atoms with van der Waals surface area (Å²) in [5.41, 5.74) is -5.17. The predicted molar refractivity (Wildman–Crippen MR) is 79.5 cm³/mol. The zero-order valence-corrected chi connectivity index (χ0v) is 12.9. The summed E-state index contributed by atoms with van der Waals surface area (Å²) in [6.07, 6.45) is -10.2. The number of alkyl halides is 6. The molecule has 5 nitrogen and oxygen atoms in total. The average Bonchev–Trinajstić information content (AvgIpc) is 2.53. The van der Waals surface area contributed by atoms with E-state index in [-0.39, 0.29) is 18.2 Å². The Labute approximate surface area is 146 Å². The lowest BCUT2D eigenvalue weighted by Crippen LogP contribution is -2.16. The predicted octanol–water partition coefficient (Wildman–Crippen LogP) is 4.38. The van der Waals surface area contributed by atoms with Crippen LogP contribution in [0, 0.1) is 0 Å². The largest absolute Gasteiger partial charge is 0.507 e. The van der Waals surface area contributed by atoms with Gasteiger partial charge in [0.15, 0.2) is 0 Å². The van der Waals surface area contributed by atoms with Crippen LogP contribution in [-0.4, -0.2) is 22.1 Å². The Morgan fingerprint density at radius 1 is 0.852 bits per heavy atom. The molecule has 0 aliphatic carbocycles. The van der Waals surface area contributed by atoms with Crippen LogP contribution in [0.25, 0.3) is 0 Å². The molecule has 2 rings (SSSR count). The fraction of sp³-hybridized carbons (Fsp3) is 0.125. The van der Waals surface area contributed by atoms with Gasteiger partial charge in [0.25, 0.3) is 5.91 Å². The third-order valence-corrected chi connectivity index (χ3v) is 3.33. The molecule has 3 N–H and O–H groups in total. The van der Waals surface area contributed by atoms with Crippen LogP contribution < -0.4 is 5.32 Å². The lowest BCUT2D eigenvalue weighted by Gasteiger charge is -2.15. The van der Waals surface area contributed by atoms with Gasteiger partial charge < -0.3 is 15.5 Å². The molecule has 11 heteroatoms. The number of carbonyl (C=O) groups excluding carboxylic acids is 1. The highest BCUT2D eigenvalue weighted by molar-refractivity contribution is 6.07. The molecule has 0 unspecified atom stereocenters. The van der Waals surface area contributed by atoms with Crippen molar-refractivity contribution in [3.63, 3.8) is 0 Å². The van der Waals surface area contributed by atoms with E-state index >= 15 is 0 Å². The van der Waals surface area contributed by atoms with Gasteiger partial charge in [-0.3, -0.25) is 4.79 Å². The third kappa shape index (κ3) is 4.68. The number of phenols is 1. The molecule has 0 atom stereocenters. The normalized spacial score (nSPS) is 11.9. The van der Waals surface area contributed by atoms with Crippen molar-refractivity contribution in [3.05, 3.63) is 58.7 Å². The molecule has 0 aliphatic heterocycles. The van der Waals surface area contributed by atoms with Gasteiger partial charge in [0.05, 0.1) is 22.3 Å². The molecule has 2 aromatic rings. The Bertz CT molecular complexity index is 873. The van der Waals surface area contributed by atoms with E-state index < -0.39 is 57.9 Å². The average molecular weight is 393 g/mol. The number of hydrogen-bond donors (Lipinski definition) is 3. The Morgan fingerprint density at radius 3 is 1.81 bits per heavy atom. The van der Waals surface area contributed by atoms with Gasteiger partial charge in [-0.25, -0.2) is 4.79 Å². The van der Waals surface area contributed by atoms with Crippen molar-refractivity contribution in [1.29, 1.82) is 0 Å². The number of hydrogen-bond acceptors (Lipinski definition) is 3. The molecule has 0 aromatic heterocycles. The highest BCUT2D eigenvalue weighted by Crippen LogP contribution is 2.37. The molecule has 0 heterocycles. The maximum atomic E-state index is 12.8. The number of amides is 1. The Morgan fingerprint density at radius 2 is 1.37 bits per heavy atom. The Kier molecular flexibility index (Phi) is 5.07. The summed E-state index contributed by atoms with van der Waals surface area (Å²) in [6.45, 7) is 0. The molecule has 0 aliphatic rings. The van der Waals surface area contributed by atoms with Gasteiger partial charge in [-0.1, -0.05) is 0 Å². The number of nitrogens with one attached hydrogen (secondary N) is 1. The van der Waals surface area contributed by atoms with E-state index in [1.54, 1.807) is 5.32 Å². The van der Waals surface area contributed by atoms with Crippen LogP contribution in [0.5, 0.6) is 5.75 Å². The number of aromatic hydroxyl groups is 1. The van der Waals surface area contributed by atoms with Gasteiger partial charge in [0, 0.05) is 5.69 Å². The highest BCUT2D eigenvalue weighted by atomic mass is 19.4. The van der Waals surface area contributed by atoms with Crippen molar-refractivity contribution in [1.82, 2.24) is 0 Å². The van der Waals surface area contributed by atoms with Crippen molar-refractivity contribution < 1.29 is 46.1 Å². The second kappa shape index (κ2) is 6.82. The minimum absolute atomic E-state index is 0.113. The molecular weight excluding hydrogens is 384 g/mol. The van der Waals surface area contributed by atoms with Crippen LogP contribution >= 0.6 is 0 Å². The summed E-state index contributed by atoms with van der Waals surface area (Å²) in [6, 6.07) is 2.99. The van der Waals surface area contributed by atoms with Crippen molar-refractivity contribution in [2.24, 2.45) is 0 Å². The Balaban J connectivity index is 2.46. The van der Waals surface area contributed by atoms with Gasteiger partial charge in [-0.2, -0.15) is 26.3 Å². The van der Waals surface area contributed by atoms with Gasteiger partial charge in [0.2, 0.25) is 0 Å². The second-order valence-electron chi connectivity index (χ2n) is 5.29. The molecular formula is C16H9F6NO4. The molecule has 0 fully saturated rings. The van der Waals surface area contributed by atoms with E-state index in [4.69, 9.17) is 5.11 Å². The summed E-state index contributed by atoms with van der Waals surface area (Å²) in [7, 11) is 0. The fourth-order valence-corrected chi connectivity index (χ4v) is 2.08.